The first kappa shape index (κ1) is 14.5. The molecule has 0 unspecified atom stereocenters. The Morgan fingerprint density at radius 3 is 2.68 bits per heavy atom. The van der Waals surface area contributed by atoms with E-state index in [9.17, 15) is 0 Å². The molecule has 1 aromatic rings. The number of likely N-dealkylation sites (tertiary alicyclic amines) is 1. The van der Waals surface area contributed by atoms with E-state index in [1.54, 1.807) is 0 Å². The van der Waals surface area contributed by atoms with E-state index in [0.717, 1.165) is 13.1 Å². The average Bonchev–Trinajstić information content (AvgIpc) is 2.68. The summed E-state index contributed by atoms with van der Waals surface area (Å²) in [5, 5.41) is 3.41. The van der Waals surface area contributed by atoms with Gasteiger partial charge in [-0.05, 0) is 30.0 Å². The maximum atomic E-state index is 4.59. The second-order valence-electron chi connectivity index (χ2n) is 6.82. The lowest BCUT2D eigenvalue weighted by atomic mass is 9.93. The highest BCUT2D eigenvalue weighted by Gasteiger charge is 2.28. The molecule has 1 fully saturated rings. The van der Waals surface area contributed by atoms with E-state index in [0.29, 0.717) is 11.5 Å². The zero-order valence-corrected chi connectivity index (χ0v) is 12.7. The molecule has 106 valence electrons. The Hall–Kier alpha value is -0.930. The van der Waals surface area contributed by atoms with Gasteiger partial charge in [-0.3, -0.25) is 9.88 Å². The maximum absolute atomic E-state index is 4.59. The molecule has 2 rings (SSSR count). The molecular formula is C16H27N3. The molecule has 0 radical (unpaired) electrons. The molecule has 1 saturated heterocycles. The van der Waals surface area contributed by atoms with E-state index >= 15 is 0 Å². The number of aromatic nitrogens is 1. The summed E-state index contributed by atoms with van der Waals surface area (Å²) in [4.78, 5) is 7.09. The van der Waals surface area contributed by atoms with Crippen LogP contribution in [0.3, 0.4) is 0 Å². The summed E-state index contributed by atoms with van der Waals surface area (Å²) in [7, 11) is 0. The van der Waals surface area contributed by atoms with Crippen LogP contribution in [0.25, 0.3) is 0 Å². The molecule has 0 spiro atoms. The third kappa shape index (κ3) is 4.59. The third-order valence-electron chi connectivity index (χ3n) is 3.74. The van der Waals surface area contributed by atoms with Crippen LogP contribution in [0.4, 0.5) is 0 Å². The van der Waals surface area contributed by atoms with Gasteiger partial charge in [-0.25, -0.2) is 0 Å². The zero-order chi connectivity index (χ0) is 13.9. The number of rotatable bonds is 5. The molecule has 3 heteroatoms. The largest absolute Gasteiger partial charge is 0.310 e. The molecule has 0 saturated carbocycles. The SMILES string of the molecule is CC(C)NCc1ccc(CN2CCC(C)(C)C2)nc1. The van der Waals surface area contributed by atoms with Crippen LogP contribution in [0.2, 0.25) is 0 Å². The van der Waals surface area contributed by atoms with Gasteiger partial charge in [-0.1, -0.05) is 33.8 Å². The van der Waals surface area contributed by atoms with Gasteiger partial charge in [0.25, 0.3) is 0 Å². The smallest absolute Gasteiger partial charge is 0.0544 e. The van der Waals surface area contributed by atoms with Crippen molar-refractivity contribution < 1.29 is 0 Å². The van der Waals surface area contributed by atoms with Crippen LogP contribution in [0.1, 0.15) is 45.4 Å². The van der Waals surface area contributed by atoms with Crippen LogP contribution in [0, 0.1) is 5.41 Å². The van der Waals surface area contributed by atoms with E-state index in [-0.39, 0.29) is 0 Å². The highest BCUT2D eigenvalue weighted by Crippen LogP contribution is 2.29. The molecule has 3 nitrogen and oxygen atoms in total. The van der Waals surface area contributed by atoms with Crippen molar-refractivity contribution in [1.29, 1.82) is 0 Å². The molecular weight excluding hydrogens is 234 g/mol. The topological polar surface area (TPSA) is 28.2 Å². The lowest BCUT2D eigenvalue weighted by Crippen LogP contribution is -2.23. The van der Waals surface area contributed by atoms with E-state index in [2.05, 4.69) is 55.0 Å². The molecule has 1 aromatic heterocycles. The molecule has 0 atom stereocenters. The van der Waals surface area contributed by atoms with Crippen LogP contribution in [-0.2, 0) is 13.1 Å². The first-order valence-electron chi connectivity index (χ1n) is 7.34. The van der Waals surface area contributed by atoms with Crippen molar-refractivity contribution in [2.75, 3.05) is 13.1 Å². The summed E-state index contributed by atoms with van der Waals surface area (Å²) in [6.45, 7) is 13.3. The summed E-state index contributed by atoms with van der Waals surface area (Å²) >= 11 is 0. The van der Waals surface area contributed by atoms with Gasteiger partial charge in [0.2, 0.25) is 0 Å². The van der Waals surface area contributed by atoms with Crippen LogP contribution in [0.5, 0.6) is 0 Å². The predicted octanol–water partition coefficient (Wildman–Crippen LogP) is 2.81. The minimum absolute atomic E-state index is 0.473. The van der Waals surface area contributed by atoms with Crippen molar-refractivity contribution in [2.24, 2.45) is 5.41 Å². The fourth-order valence-corrected chi connectivity index (χ4v) is 2.56. The summed E-state index contributed by atoms with van der Waals surface area (Å²) in [5.74, 6) is 0. The Morgan fingerprint density at radius 2 is 2.16 bits per heavy atom. The number of nitrogens with one attached hydrogen (secondary N) is 1. The van der Waals surface area contributed by atoms with Gasteiger partial charge in [0, 0.05) is 31.9 Å². The number of pyridine rings is 1. The zero-order valence-electron chi connectivity index (χ0n) is 12.7. The van der Waals surface area contributed by atoms with Gasteiger partial charge in [0.15, 0.2) is 0 Å². The van der Waals surface area contributed by atoms with Crippen molar-refractivity contribution in [3.8, 4) is 0 Å². The molecule has 0 amide bonds. The van der Waals surface area contributed by atoms with Crippen molar-refractivity contribution >= 4 is 0 Å². The highest BCUT2D eigenvalue weighted by molar-refractivity contribution is 5.14. The lowest BCUT2D eigenvalue weighted by Gasteiger charge is -2.19. The van der Waals surface area contributed by atoms with Crippen molar-refractivity contribution in [2.45, 2.75) is 53.2 Å². The van der Waals surface area contributed by atoms with E-state index in [1.807, 2.05) is 6.20 Å². The minimum atomic E-state index is 0.473. The van der Waals surface area contributed by atoms with E-state index in [1.165, 1.54) is 30.8 Å². The standard InChI is InChI=1S/C16H27N3/c1-13(2)17-9-14-5-6-15(18-10-14)11-19-8-7-16(3,4)12-19/h5-6,10,13,17H,7-9,11-12H2,1-4H3. The van der Waals surface area contributed by atoms with E-state index in [4.69, 9.17) is 0 Å². The van der Waals surface area contributed by atoms with Crippen molar-refractivity contribution in [3.63, 3.8) is 0 Å². The van der Waals surface area contributed by atoms with Gasteiger partial charge in [-0.2, -0.15) is 0 Å². The fraction of sp³-hybridized carbons (Fsp3) is 0.688. The van der Waals surface area contributed by atoms with Gasteiger partial charge in [-0.15, -0.1) is 0 Å². The molecule has 1 aliphatic heterocycles. The second-order valence-corrected chi connectivity index (χ2v) is 6.82. The Bertz CT molecular complexity index is 395. The third-order valence-corrected chi connectivity index (χ3v) is 3.74. The lowest BCUT2D eigenvalue weighted by molar-refractivity contribution is 0.281. The Kier molecular flexibility index (Phi) is 4.58. The monoisotopic (exact) mass is 261 g/mol. The molecule has 0 bridgehead atoms. The number of nitrogens with zero attached hydrogens (tertiary/aromatic N) is 2. The molecule has 19 heavy (non-hydrogen) atoms. The first-order chi connectivity index (χ1) is 8.94. The van der Waals surface area contributed by atoms with Crippen LogP contribution in [-0.4, -0.2) is 29.0 Å². The van der Waals surface area contributed by atoms with Gasteiger partial charge in [0.1, 0.15) is 0 Å². The second kappa shape index (κ2) is 6.02. The van der Waals surface area contributed by atoms with Crippen molar-refractivity contribution in [1.82, 2.24) is 15.2 Å². The molecule has 2 heterocycles. The summed E-state index contributed by atoms with van der Waals surface area (Å²) in [5.41, 5.74) is 2.92. The first-order valence-corrected chi connectivity index (χ1v) is 7.34. The highest BCUT2D eigenvalue weighted by atomic mass is 15.2. The summed E-state index contributed by atoms with van der Waals surface area (Å²) in [6.07, 6.45) is 3.30. The fourth-order valence-electron chi connectivity index (χ4n) is 2.56. The van der Waals surface area contributed by atoms with Gasteiger partial charge >= 0.3 is 0 Å². The minimum Gasteiger partial charge on any atom is -0.310 e. The number of hydrogen-bond acceptors (Lipinski definition) is 3. The summed E-state index contributed by atoms with van der Waals surface area (Å²) < 4.78 is 0. The Labute approximate surface area is 117 Å². The van der Waals surface area contributed by atoms with E-state index < -0.39 is 0 Å². The molecule has 1 N–H and O–H groups in total. The Balaban J connectivity index is 1.85. The van der Waals surface area contributed by atoms with Crippen LogP contribution in [0.15, 0.2) is 18.3 Å². The quantitative estimate of drug-likeness (QED) is 0.883. The molecule has 1 aliphatic rings. The maximum Gasteiger partial charge on any atom is 0.0544 e. The summed E-state index contributed by atoms with van der Waals surface area (Å²) in [6, 6.07) is 4.88. The predicted molar refractivity (Wildman–Crippen MR) is 79.9 cm³/mol. The Morgan fingerprint density at radius 1 is 1.37 bits per heavy atom. The molecule has 0 aromatic carbocycles. The van der Waals surface area contributed by atoms with Crippen molar-refractivity contribution in [3.05, 3.63) is 29.6 Å². The average molecular weight is 261 g/mol. The van der Waals surface area contributed by atoms with Gasteiger partial charge in [0.05, 0.1) is 5.69 Å². The molecule has 0 aliphatic carbocycles. The van der Waals surface area contributed by atoms with Crippen LogP contribution < -0.4 is 5.32 Å². The normalized spacial score (nSPS) is 19.2. The number of hydrogen-bond donors (Lipinski definition) is 1. The van der Waals surface area contributed by atoms with Crippen LogP contribution >= 0.6 is 0 Å². The van der Waals surface area contributed by atoms with Gasteiger partial charge < -0.3 is 5.32 Å².